The van der Waals surface area contributed by atoms with E-state index in [1.165, 1.54) is 24.8 Å². The molecule has 1 atom stereocenters. The predicted molar refractivity (Wildman–Crippen MR) is 78.3 cm³/mol. The highest BCUT2D eigenvalue weighted by Crippen LogP contribution is 2.40. The Hall–Kier alpha value is -1.38. The first-order chi connectivity index (χ1) is 9.27. The molecule has 1 unspecified atom stereocenters. The SMILES string of the molecule is NC(c1ccccc1C1CCC1)c1ncccc1Cl. The number of rotatable bonds is 3. The second-order valence-electron chi connectivity index (χ2n) is 5.10. The molecule has 1 saturated carbocycles. The molecule has 1 aliphatic rings. The average molecular weight is 273 g/mol. The van der Waals surface area contributed by atoms with Crippen molar-refractivity contribution < 1.29 is 0 Å². The van der Waals surface area contributed by atoms with E-state index in [2.05, 4.69) is 23.2 Å². The number of hydrogen-bond donors (Lipinski definition) is 1. The summed E-state index contributed by atoms with van der Waals surface area (Å²) in [7, 11) is 0. The summed E-state index contributed by atoms with van der Waals surface area (Å²) in [6.07, 6.45) is 5.59. The molecule has 3 heteroatoms. The average Bonchev–Trinajstić information content (AvgIpc) is 2.37. The zero-order chi connectivity index (χ0) is 13.2. The Morgan fingerprint density at radius 3 is 2.63 bits per heavy atom. The van der Waals surface area contributed by atoms with Crippen molar-refractivity contribution >= 4 is 11.6 Å². The largest absolute Gasteiger partial charge is 0.319 e. The number of pyridine rings is 1. The van der Waals surface area contributed by atoms with Crippen LogP contribution in [0.1, 0.15) is 48.0 Å². The molecule has 1 aromatic heterocycles. The van der Waals surface area contributed by atoms with Gasteiger partial charge in [-0.3, -0.25) is 4.98 Å². The lowest BCUT2D eigenvalue weighted by molar-refractivity contribution is 0.416. The summed E-state index contributed by atoms with van der Waals surface area (Å²) in [5.41, 5.74) is 9.67. The van der Waals surface area contributed by atoms with Crippen LogP contribution in [0.3, 0.4) is 0 Å². The molecule has 1 aromatic carbocycles. The number of aromatic nitrogens is 1. The highest BCUT2D eigenvalue weighted by molar-refractivity contribution is 6.31. The normalized spacial score (nSPS) is 16.9. The van der Waals surface area contributed by atoms with Gasteiger partial charge in [0.05, 0.1) is 16.8 Å². The monoisotopic (exact) mass is 272 g/mol. The van der Waals surface area contributed by atoms with Gasteiger partial charge in [-0.25, -0.2) is 0 Å². The highest BCUT2D eigenvalue weighted by Gasteiger charge is 2.25. The van der Waals surface area contributed by atoms with E-state index in [0.29, 0.717) is 10.9 Å². The molecule has 0 spiro atoms. The molecule has 1 fully saturated rings. The van der Waals surface area contributed by atoms with Crippen LogP contribution in [-0.2, 0) is 0 Å². The van der Waals surface area contributed by atoms with E-state index in [4.69, 9.17) is 17.3 Å². The van der Waals surface area contributed by atoms with Crippen molar-refractivity contribution in [1.82, 2.24) is 4.98 Å². The minimum absolute atomic E-state index is 0.245. The van der Waals surface area contributed by atoms with Crippen molar-refractivity contribution in [2.24, 2.45) is 5.73 Å². The number of hydrogen-bond acceptors (Lipinski definition) is 2. The van der Waals surface area contributed by atoms with E-state index in [9.17, 15) is 0 Å². The summed E-state index contributed by atoms with van der Waals surface area (Å²) < 4.78 is 0. The van der Waals surface area contributed by atoms with Gasteiger partial charge in [-0.2, -0.15) is 0 Å². The lowest BCUT2D eigenvalue weighted by Crippen LogP contribution is -2.19. The molecule has 98 valence electrons. The van der Waals surface area contributed by atoms with Gasteiger partial charge in [-0.05, 0) is 42.0 Å². The van der Waals surface area contributed by atoms with Crippen LogP contribution in [0.4, 0.5) is 0 Å². The first-order valence-corrected chi connectivity index (χ1v) is 7.10. The number of nitrogens with zero attached hydrogens (tertiary/aromatic N) is 1. The van der Waals surface area contributed by atoms with Crippen LogP contribution in [0.2, 0.25) is 5.02 Å². The summed E-state index contributed by atoms with van der Waals surface area (Å²) in [4.78, 5) is 4.34. The van der Waals surface area contributed by atoms with Crippen LogP contribution in [0.15, 0.2) is 42.6 Å². The maximum atomic E-state index is 6.39. The Morgan fingerprint density at radius 1 is 1.16 bits per heavy atom. The highest BCUT2D eigenvalue weighted by atomic mass is 35.5. The first kappa shape index (κ1) is 12.6. The maximum absolute atomic E-state index is 6.39. The van der Waals surface area contributed by atoms with Gasteiger partial charge in [0.25, 0.3) is 0 Å². The van der Waals surface area contributed by atoms with Gasteiger partial charge >= 0.3 is 0 Å². The molecule has 2 N–H and O–H groups in total. The molecule has 1 heterocycles. The first-order valence-electron chi connectivity index (χ1n) is 6.72. The molecule has 19 heavy (non-hydrogen) atoms. The zero-order valence-electron chi connectivity index (χ0n) is 10.7. The van der Waals surface area contributed by atoms with Crippen LogP contribution in [-0.4, -0.2) is 4.98 Å². The summed E-state index contributed by atoms with van der Waals surface area (Å²) in [5.74, 6) is 0.657. The fraction of sp³-hybridized carbons (Fsp3) is 0.312. The summed E-state index contributed by atoms with van der Waals surface area (Å²) in [6.45, 7) is 0. The zero-order valence-corrected chi connectivity index (χ0v) is 11.5. The Labute approximate surface area is 118 Å². The van der Waals surface area contributed by atoms with Crippen molar-refractivity contribution in [3.8, 4) is 0 Å². The van der Waals surface area contributed by atoms with E-state index in [1.54, 1.807) is 6.20 Å². The molecule has 2 nitrogen and oxygen atoms in total. The molecular formula is C16H17ClN2. The quantitative estimate of drug-likeness (QED) is 0.915. The van der Waals surface area contributed by atoms with Crippen molar-refractivity contribution in [3.05, 3.63) is 64.4 Å². The van der Waals surface area contributed by atoms with Crippen molar-refractivity contribution in [2.75, 3.05) is 0 Å². The molecule has 1 aliphatic carbocycles. The predicted octanol–water partition coefficient (Wildman–Crippen LogP) is 4.05. The second kappa shape index (κ2) is 5.32. The fourth-order valence-corrected chi connectivity index (χ4v) is 2.90. The fourth-order valence-electron chi connectivity index (χ4n) is 2.66. The third-order valence-electron chi connectivity index (χ3n) is 3.96. The standard InChI is InChI=1S/C16H17ClN2/c17-14-9-4-10-19-16(14)15(18)13-8-2-1-7-12(13)11-5-3-6-11/h1-2,4,7-11,15H,3,5-6,18H2. The van der Waals surface area contributed by atoms with Crippen molar-refractivity contribution in [1.29, 1.82) is 0 Å². The molecule has 3 rings (SSSR count). The van der Waals surface area contributed by atoms with E-state index in [1.807, 2.05) is 18.2 Å². The molecule has 2 aromatic rings. The van der Waals surface area contributed by atoms with Crippen molar-refractivity contribution in [3.63, 3.8) is 0 Å². The van der Waals surface area contributed by atoms with Gasteiger partial charge in [0.15, 0.2) is 0 Å². The Balaban J connectivity index is 2.00. The molecule has 0 bridgehead atoms. The van der Waals surface area contributed by atoms with E-state index in [0.717, 1.165) is 11.3 Å². The van der Waals surface area contributed by atoms with Gasteiger partial charge < -0.3 is 5.73 Å². The van der Waals surface area contributed by atoms with Gasteiger partial charge in [0, 0.05) is 6.20 Å². The molecule has 0 aliphatic heterocycles. The Kier molecular flexibility index (Phi) is 3.54. The van der Waals surface area contributed by atoms with E-state index in [-0.39, 0.29) is 6.04 Å². The third kappa shape index (κ3) is 2.38. The lowest BCUT2D eigenvalue weighted by Gasteiger charge is -2.29. The van der Waals surface area contributed by atoms with Crippen LogP contribution in [0.25, 0.3) is 0 Å². The smallest absolute Gasteiger partial charge is 0.0802 e. The van der Waals surface area contributed by atoms with Crippen LogP contribution < -0.4 is 5.73 Å². The number of nitrogens with two attached hydrogens (primary N) is 1. The van der Waals surface area contributed by atoms with Gasteiger partial charge in [-0.1, -0.05) is 42.3 Å². The maximum Gasteiger partial charge on any atom is 0.0802 e. The topological polar surface area (TPSA) is 38.9 Å². The van der Waals surface area contributed by atoms with E-state index >= 15 is 0 Å². The van der Waals surface area contributed by atoms with E-state index < -0.39 is 0 Å². The Bertz CT molecular complexity index is 578. The minimum Gasteiger partial charge on any atom is -0.319 e. The molecular weight excluding hydrogens is 256 g/mol. The molecule has 0 saturated heterocycles. The minimum atomic E-state index is -0.245. The lowest BCUT2D eigenvalue weighted by atomic mass is 9.77. The Morgan fingerprint density at radius 2 is 1.95 bits per heavy atom. The summed E-state index contributed by atoms with van der Waals surface area (Å²) in [5, 5.41) is 0.637. The molecule has 0 amide bonds. The van der Waals surface area contributed by atoms with Crippen LogP contribution in [0.5, 0.6) is 0 Å². The van der Waals surface area contributed by atoms with Gasteiger partial charge in [0.2, 0.25) is 0 Å². The number of halogens is 1. The van der Waals surface area contributed by atoms with Crippen LogP contribution in [0, 0.1) is 0 Å². The number of benzene rings is 1. The third-order valence-corrected chi connectivity index (χ3v) is 4.28. The molecule has 0 radical (unpaired) electrons. The summed E-state index contributed by atoms with van der Waals surface area (Å²) in [6, 6.07) is 11.8. The second-order valence-corrected chi connectivity index (χ2v) is 5.51. The van der Waals surface area contributed by atoms with Crippen LogP contribution >= 0.6 is 11.6 Å². The van der Waals surface area contributed by atoms with Crippen molar-refractivity contribution in [2.45, 2.75) is 31.2 Å². The van der Waals surface area contributed by atoms with Gasteiger partial charge in [0.1, 0.15) is 0 Å². The van der Waals surface area contributed by atoms with Gasteiger partial charge in [-0.15, -0.1) is 0 Å². The summed E-state index contributed by atoms with van der Waals surface area (Å²) >= 11 is 6.21.